The molecule has 0 amide bonds. The van der Waals surface area contributed by atoms with Crippen LogP contribution in [0.25, 0.3) is 0 Å². The zero-order chi connectivity index (χ0) is 17.0. The number of hydrogen-bond acceptors (Lipinski definition) is 5. The lowest BCUT2D eigenvalue weighted by Crippen LogP contribution is -2.67. The fourth-order valence-corrected chi connectivity index (χ4v) is 6.04. The van der Waals surface area contributed by atoms with Crippen molar-refractivity contribution in [3.8, 4) is 0 Å². The van der Waals surface area contributed by atoms with Crippen molar-refractivity contribution in [1.82, 2.24) is 0 Å². The molecule has 2 aliphatic heterocycles. The number of hydrogen-bond donors (Lipinski definition) is 2. The van der Waals surface area contributed by atoms with E-state index in [4.69, 9.17) is 4.74 Å². The quantitative estimate of drug-likeness (QED) is 0.694. The monoisotopic (exact) mass is 328 g/mol. The summed E-state index contributed by atoms with van der Waals surface area (Å²) in [5.41, 5.74) is 2.59. The van der Waals surface area contributed by atoms with Crippen LogP contribution in [0.15, 0.2) is 16.9 Å². The van der Waals surface area contributed by atoms with Gasteiger partial charge in [0.15, 0.2) is 5.43 Å². The predicted octanol–water partition coefficient (Wildman–Crippen LogP) is 0.971. The first-order valence-electron chi connectivity index (χ1n) is 8.61. The van der Waals surface area contributed by atoms with Crippen molar-refractivity contribution >= 4 is 5.97 Å². The standard InChI is InChI=1S/C19H20O5/c1-7-3-9(20)4-11-13(21)6-19-8(2)16(22)17(24-18(19)23)12-5-10(7)14(11)15(12)19/h3-4,8,12-13,15-17,21-22H,5-6H2,1-2H3/t8?,12-,13+,15-,16?,17-,19+/m0/s1. The molecule has 1 saturated carbocycles. The van der Waals surface area contributed by atoms with Gasteiger partial charge in [-0.1, -0.05) is 6.92 Å². The van der Waals surface area contributed by atoms with Crippen molar-refractivity contribution in [2.24, 2.45) is 17.3 Å². The molecule has 1 aromatic carbocycles. The Balaban J connectivity index is 1.88. The third kappa shape index (κ3) is 1.40. The maximum atomic E-state index is 12.8. The van der Waals surface area contributed by atoms with E-state index in [1.807, 2.05) is 13.8 Å². The van der Waals surface area contributed by atoms with Crippen LogP contribution in [-0.4, -0.2) is 28.4 Å². The van der Waals surface area contributed by atoms with Crippen molar-refractivity contribution in [2.45, 2.75) is 50.9 Å². The molecule has 5 heteroatoms. The summed E-state index contributed by atoms with van der Waals surface area (Å²) in [6, 6.07) is 3.13. The van der Waals surface area contributed by atoms with Gasteiger partial charge in [-0.15, -0.1) is 0 Å². The molecule has 2 N–H and O–H groups in total. The van der Waals surface area contributed by atoms with E-state index in [-0.39, 0.29) is 35.6 Å². The van der Waals surface area contributed by atoms with Crippen LogP contribution in [-0.2, 0) is 16.0 Å². The van der Waals surface area contributed by atoms with Crippen molar-refractivity contribution in [3.63, 3.8) is 0 Å². The number of rotatable bonds is 0. The van der Waals surface area contributed by atoms with Gasteiger partial charge in [0.2, 0.25) is 0 Å². The highest BCUT2D eigenvalue weighted by Gasteiger charge is 2.71. The van der Waals surface area contributed by atoms with Gasteiger partial charge in [-0.25, -0.2) is 0 Å². The van der Waals surface area contributed by atoms with Gasteiger partial charge >= 0.3 is 5.97 Å². The third-order valence-electron chi connectivity index (χ3n) is 7.10. The lowest BCUT2D eigenvalue weighted by Gasteiger charge is -2.60. The van der Waals surface area contributed by atoms with Gasteiger partial charge in [0.25, 0.3) is 0 Å². The number of carbonyl (C=O) groups excluding carboxylic acids is 1. The molecule has 0 aromatic heterocycles. The number of fused-ring (bicyclic) bond motifs is 2. The third-order valence-corrected chi connectivity index (χ3v) is 7.10. The summed E-state index contributed by atoms with van der Waals surface area (Å²) in [6.45, 7) is 3.80. The Hall–Kier alpha value is -1.72. The first-order valence-corrected chi connectivity index (χ1v) is 8.61. The molecule has 0 radical (unpaired) electrons. The molecule has 126 valence electrons. The fourth-order valence-electron chi connectivity index (χ4n) is 6.04. The van der Waals surface area contributed by atoms with E-state index in [0.717, 1.165) is 16.7 Å². The molecule has 2 heterocycles. The van der Waals surface area contributed by atoms with Gasteiger partial charge in [-0.3, -0.25) is 9.59 Å². The summed E-state index contributed by atoms with van der Waals surface area (Å²) < 4.78 is 5.61. The number of aliphatic hydroxyl groups is 2. The lowest BCUT2D eigenvalue weighted by atomic mass is 9.49. The molecular formula is C19H20O5. The van der Waals surface area contributed by atoms with Gasteiger partial charge in [-0.2, -0.15) is 0 Å². The SMILES string of the molecule is Cc1cc(=O)cc2c3c1C[C@@H]1[C@@H]4OC(=O)[C@](C[C@H]2O)(C(C)C4O)[C@H]31. The molecule has 6 rings (SSSR count). The second-order valence-electron chi connectivity index (χ2n) is 7.98. The zero-order valence-corrected chi connectivity index (χ0v) is 13.7. The molecular weight excluding hydrogens is 308 g/mol. The summed E-state index contributed by atoms with van der Waals surface area (Å²) in [5, 5.41) is 21.4. The molecule has 24 heavy (non-hydrogen) atoms. The average Bonchev–Trinajstić information content (AvgIpc) is 2.87. The summed E-state index contributed by atoms with van der Waals surface area (Å²) in [7, 11) is 0. The van der Waals surface area contributed by atoms with Crippen LogP contribution < -0.4 is 5.43 Å². The van der Waals surface area contributed by atoms with Crippen molar-refractivity contribution in [3.05, 3.63) is 44.6 Å². The summed E-state index contributed by atoms with van der Waals surface area (Å²) in [5.74, 6) is -0.598. The van der Waals surface area contributed by atoms with Gasteiger partial charge in [0.05, 0.1) is 17.6 Å². The van der Waals surface area contributed by atoms with Crippen LogP contribution in [0.3, 0.4) is 0 Å². The van der Waals surface area contributed by atoms with E-state index in [9.17, 15) is 19.8 Å². The minimum atomic E-state index is -0.889. The van der Waals surface area contributed by atoms with Crippen molar-refractivity contribution in [1.29, 1.82) is 0 Å². The molecule has 2 saturated heterocycles. The summed E-state index contributed by atoms with van der Waals surface area (Å²) in [4.78, 5) is 24.9. The van der Waals surface area contributed by atoms with Gasteiger partial charge < -0.3 is 14.9 Å². The Bertz CT molecular complexity index is 846. The van der Waals surface area contributed by atoms with E-state index in [2.05, 4.69) is 0 Å². The van der Waals surface area contributed by atoms with Gasteiger partial charge in [0, 0.05) is 17.8 Å². The lowest BCUT2D eigenvalue weighted by molar-refractivity contribution is -0.241. The van der Waals surface area contributed by atoms with Crippen LogP contribution in [0.4, 0.5) is 0 Å². The molecule has 2 unspecified atom stereocenters. The average molecular weight is 328 g/mol. The zero-order valence-electron chi connectivity index (χ0n) is 13.7. The Morgan fingerprint density at radius 1 is 1.25 bits per heavy atom. The first kappa shape index (κ1) is 14.6. The largest absolute Gasteiger partial charge is 0.459 e. The Morgan fingerprint density at radius 2 is 2.00 bits per heavy atom. The highest BCUT2D eigenvalue weighted by molar-refractivity contribution is 5.83. The Kier molecular flexibility index (Phi) is 2.60. The topological polar surface area (TPSA) is 83.8 Å². The number of ether oxygens (including phenoxy) is 1. The molecule has 1 spiro atoms. The normalized spacial score (nSPS) is 44.2. The first-order chi connectivity index (χ1) is 11.4. The molecule has 7 atom stereocenters. The number of aliphatic hydroxyl groups excluding tert-OH is 2. The molecule has 5 nitrogen and oxygen atoms in total. The summed E-state index contributed by atoms with van der Waals surface area (Å²) >= 11 is 0. The highest BCUT2D eigenvalue weighted by atomic mass is 16.6. The molecule has 5 aliphatic rings. The van der Waals surface area contributed by atoms with E-state index in [1.54, 1.807) is 6.07 Å². The predicted molar refractivity (Wildman–Crippen MR) is 84.4 cm³/mol. The second kappa shape index (κ2) is 4.27. The fraction of sp³-hybridized carbons (Fsp3) is 0.579. The molecule has 3 aliphatic carbocycles. The van der Waals surface area contributed by atoms with Crippen molar-refractivity contribution in [2.75, 3.05) is 0 Å². The van der Waals surface area contributed by atoms with Gasteiger partial charge in [-0.05, 0) is 54.2 Å². The van der Waals surface area contributed by atoms with E-state index in [0.29, 0.717) is 12.0 Å². The Morgan fingerprint density at radius 3 is 2.75 bits per heavy atom. The van der Waals surface area contributed by atoms with E-state index < -0.39 is 23.7 Å². The number of carbonyl (C=O) groups is 1. The van der Waals surface area contributed by atoms with Crippen LogP contribution in [0, 0.1) is 24.2 Å². The minimum Gasteiger partial charge on any atom is -0.459 e. The van der Waals surface area contributed by atoms with E-state index >= 15 is 0 Å². The van der Waals surface area contributed by atoms with Crippen molar-refractivity contribution < 1.29 is 19.7 Å². The maximum Gasteiger partial charge on any atom is 0.313 e. The van der Waals surface area contributed by atoms with Crippen LogP contribution >= 0.6 is 0 Å². The van der Waals surface area contributed by atoms with Crippen LogP contribution in [0.5, 0.6) is 0 Å². The molecule has 2 bridgehead atoms. The number of esters is 1. The van der Waals surface area contributed by atoms with Crippen LogP contribution in [0.2, 0.25) is 0 Å². The van der Waals surface area contributed by atoms with Gasteiger partial charge in [0.1, 0.15) is 6.10 Å². The minimum absolute atomic E-state index is 0.0337. The number of aryl methyl sites for hydroxylation is 1. The van der Waals surface area contributed by atoms with E-state index in [1.165, 1.54) is 6.07 Å². The maximum absolute atomic E-state index is 12.8. The molecule has 3 fully saturated rings. The Labute approximate surface area is 139 Å². The highest BCUT2D eigenvalue weighted by Crippen LogP contribution is 2.68. The second-order valence-corrected chi connectivity index (χ2v) is 7.98. The van der Waals surface area contributed by atoms with Crippen LogP contribution in [0.1, 0.15) is 47.6 Å². The summed E-state index contributed by atoms with van der Waals surface area (Å²) in [6.07, 6.45) is -1.18. The molecule has 1 aromatic rings. The smallest absolute Gasteiger partial charge is 0.313 e.